The van der Waals surface area contributed by atoms with Crippen LogP contribution in [0.25, 0.3) is 0 Å². The second kappa shape index (κ2) is 13.8. The summed E-state index contributed by atoms with van der Waals surface area (Å²) < 4.78 is 13.9. The summed E-state index contributed by atoms with van der Waals surface area (Å²) in [6.07, 6.45) is -3.64. The molecule has 11 nitrogen and oxygen atoms in total. The van der Waals surface area contributed by atoms with Crippen LogP contribution in [0.2, 0.25) is 0 Å². The maximum absolute atomic E-state index is 11.1. The first-order chi connectivity index (χ1) is 11.8. The Kier molecular flexibility index (Phi) is 12.9. The van der Waals surface area contributed by atoms with Crippen molar-refractivity contribution in [1.29, 1.82) is 0 Å². The van der Waals surface area contributed by atoms with Crippen molar-refractivity contribution in [1.82, 2.24) is 0 Å². The largest absolute Gasteiger partial charge is 0.553 e. The van der Waals surface area contributed by atoms with Gasteiger partial charge in [0.05, 0.1) is 0 Å². The zero-order valence-electron chi connectivity index (χ0n) is 15.2. The van der Waals surface area contributed by atoms with Gasteiger partial charge in [-0.25, -0.2) is 9.78 Å². The zero-order chi connectivity index (χ0) is 19.2. The van der Waals surface area contributed by atoms with Gasteiger partial charge in [-0.2, -0.15) is 19.4 Å². The third-order valence-electron chi connectivity index (χ3n) is 2.52. The van der Waals surface area contributed by atoms with E-state index >= 15 is 0 Å². The SMILES string of the molecule is COC(CC(C)C)OOOC(=O)OC(=O)OOOC(CC(C)C)OC. The van der Waals surface area contributed by atoms with E-state index in [0.717, 1.165) is 0 Å². The van der Waals surface area contributed by atoms with Crippen LogP contribution in [-0.2, 0) is 43.8 Å². The van der Waals surface area contributed by atoms with Gasteiger partial charge in [0.25, 0.3) is 0 Å². The summed E-state index contributed by atoms with van der Waals surface area (Å²) in [5.74, 6) is 0.499. The highest BCUT2D eigenvalue weighted by molar-refractivity contribution is 5.76. The van der Waals surface area contributed by atoms with Crippen molar-refractivity contribution < 1.29 is 53.4 Å². The van der Waals surface area contributed by atoms with E-state index < -0.39 is 24.9 Å². The predicted molar refractivity (Wildman–Crippen MR) is 78.9 cm³/mol. The van der Waals surface area contributed by atoms with Gasteiger partial charge in [0, 0.05) is 27.1 Å². The van der Waals surface area contributed by atoms with Crippen LogP contribution < -0.4 is 0 Å². The van der Waals surface area contributed by atoms with E-state index in [9.17, 15) is 9.59 Å². The van der Waals surface area contributed by atoms with Crippen molar-refractivity contribution in [2.75, 3.05) is 14.2 Å². The molecule has 0 N–H and O–H groups in total. The van der Waals surface area contributed by atoms with Crippen molar-refractivity contribution in [2.24, 2.45) is 11.8 Å². The Hall–Kier alpha value is -1.50. The fourth-order valence-electron chi connectivity index (χ4n) is 1.40. The van der Waals surface area contributed by atoms with Crippen LogP contribution in [0.1, 0.15) is 40.5 Å². The van der Waals surface area contributed by atoms with Crippen molar-refractivity contribution in [2.45, 2.75) is 53.1 Å². The van der Waals surface area contributed by atoms with Gasteiger partial charge in [0.2, 0.25) is 0 Å². The molecule has 0 aromatic carbocycles. The minimum atomic E-state index is -1.54. The molecule has 0 saturated heterocycles. The standard InChI is InChI=1S/C14H26O11/c1-9(2)7-11(17-5)20-24-22-13(15)19-14(16)23-25-21-12(18-6)8-10(3)4/h9-12H,7-8H2,1-6H3. The maximum Gasteiger partial charge on any atom is 0.553 e. The number of carbonyl (C=O) groups excluding carboxylic acids is 2. The Morgan fingerprint density at radius 1 is 0.720 bits per heavy atom. The molecule has 0 saturated carbocycles. The van der Waals surface area contributed by atoms with Crippen molar-refractivity contribution >= 4 is 12.3 Å². The molecule has 0 aromatic rings. The Bertz CT molecular complexity index is 338. The smallest absolute Gasteiger partial charge is 0.353 e. The molecule has 0 rings (SSSR count). The minimum Gasteiger partial charge on any atom is -0.353 e. The molecular weight excluding hydrogens is 344 g/mol. The van der Waals surface area contributed by atoms with Gasteiger partial charge < -0.3 is 14.2 Å². The topological polar surface area (TPSA) is 117 Å². The molecule has 0 amide bonds. The number of ether oxygens (including phenoxy) is 3. The summed E-state index contributed by atoms with van der Waals surface area (Å²) in [6.45, 7) is 7.71. The molecule has 0 heterocycles. The third kappa shape index (κ3) is 13.5. The summed E-state index contributed by atoms with van der Waals surface area (Å²) >= 11 is 0. The van der Waals surface area contributed by atoms with Crippen LogP contribution in [0, 0.1) is 11.8 Å². The normalized spacial score (nSPS) is 13.6. The highest BCUT2D eigenvalue weighted by Crippen LogP contribution is 2.10. The Balaban J connectivity index is 3.89. The zero-order valence-corrected chi connectivity index (χ0v) is 15.2. The van der Waals surface area contributed by atoms with Crippen LogP contribution in [0.4, 0.5) is 9.59 Å². The highest BCUT2D eigenvalue weighted by atomic mass is 17.5. The number of hydrogen-bond acceptors (Lipinski definition) is 11. The molecule has 0 aliphatic rings. The average molecular weight is 370 g/mol. The molecule has 11 heteroatoms. The Morgan fingerprint density at radius 2 is 1.08 bits per heavy atom. The van der Waals surface area contributed by atoms with E-state index in [1.807, 2.05) is 27.7 Å². The van der Waals surface area contributed by atoms with Gasteiger partial charge in [-0.3, -0.25) is 0 Å². The summed E-state index contributed by atoms with van der Waals surface area (Å²) in [4.78, 5) is 39.6. The fraction of sp³-hybridized carbons (Fsp3) is 0.857. The molecule has 2 unspecified atom stereocenters. The lowest BCUT2D eigenvalue weighted by atomic mass is 10.1. The Labute approximate surface area is 146 Å². The van der Waals surface area contributed by atoms with Gasteiger partial charge in [0.15, 0.2) is 12.6 Å². The van der Waals surface area contributed by atoms with Crippen molar-refractivity contribution in [3.8, 4) is 0 Å². The van der Waals surface area contributed by atoms with Gasteiger partial charge in [-0.05, 0) is 21.9 Å². The fourth-order valence-corrected chi connectivity index (χ4v) is 1.40. The number of hydrogen-bond donors (Lipinski definition) is 0. The molecule has 0 fully saturated rings. The molecule has 0 aliphatic carbocycles. The molecule has 148 valence electrons. The van der Waals surface area contributed by atoms with Gasteiger partial charge in [0.1, 0.15) is 0 Å². The molecule has 0 spiro atoms. The van der Waals surface area contributed by atoms with Gasteiger partial charge in [-0.1, -0.05) is 27.7 Å². The van der Waals surface area contributed by atoms with Crippen LogP contribution in [0.15, 0.2) is 0 Å². The van der Waals surface area contributed by atoms with Gasteiger partial charge in [-0.15, -0.1) is 0 Å². The summed E-state index contributed by atoms with van der Waals surface area (Å²) in [5, 5.41) is 8.31. The van der Waals surface area contributed by atoms with E-state index in [0.29, 0.717) is 12.8 Å². The minimum absolute atomic E-state index is 0.249. The molecule has 0 aliphatic heterocycles. The van der Waals surface area contributed by atoms with Crippen molar-refractivity contribution in [3.63, 3.8) is 0 Å². The summed E-state index contributed by atoms with van der Waals surface area (Å²) in [7, 11) is 2.77. The molecule has 25 heavy (non-hydrogen) atoms. The van der Waals surface area contributed by atoms with Crippen LogP contribution in [0.5, 0.6) is 0 Å². The first-order valence-electron chi connectivity index (χ1n) is 7.59. The summed E-state index contributed by atoms with van der Waals surface area (Å²) in [6, 6.07) is 0. The number of carbonyl (C=O) groups is 2. The Morgan fingerprint density at radius 3 is 1.36 bits per heavy atom. The highest BCUT2D eigenvalue weighted by Gasteiger charge is 2.20. The van der Waals surface area contributed by atoms with E-state index in [1.165, 1.54) is 14.2 Å². The van der Waals surface area contributed by atoms with E-state index in [1.54, 1.807) is 0 Å². The monoisotopic (exact) mass is 370 g/mol. The number of methoxy groups -OCH3 is 2. The van der Waals surface area contributed by atoms with Crippen molar-refractivity contribution in [3.05, 3.63) is 0 Å². The van der Waals surface area contributed by atoms with Gasteiger partial charge >= 0.3 is 12.3 Å². The van der Waals surface area contributed by atoms with Crippen LogP contribution >= 0.6 is 0 Å². The lowest BCUT2D eigenvalue weighted by Gasteiger charge is -2.15. The second-order valence-corrected chi connectivity index (χ2v) is 5.69. The molecule has 0 bridgehead atoms. The number of rotatable bonds is 12. The first kappa shape index (κ1) is 23.5. The lowest BCUT2D eigenvalue weighted by molar-refractivity contribution is -0.530. The van der Waals surface area contributed by atoms with E-state index in [2.05, 4.69) is 34.4 Å². The molecule has 0 radical (unpaired) electrons. The first-order valence-corrected chi connectivity index (χ1v) is 7.59. The van der Waals surface area contributed by atoms with E-state index in [4.69, 9.17) is 9.47 Å². The molecule has 2 atom stereocenters. The second-order valence-electron chi connectivity index (χ2n) is 5.69. The van der Waals surface area contributed by atoms with Crippen LogP contribution in [-0.4, -0.2) is 39.1 Å². The lowest BCUT2D eigenvalue weighted by Crippen LogP contribution is -2.22. The molecule has 0 aromatic heterocycles. The average Bonchev–Trinajstić information content (AvgIpc) is 2.51. The molecular formula is C14H26O11. The van der Waals surface area contributed by atoms with E-state index in [-0.39, 0.29) is 11.8 Å². The summed E-state index contributed by atoms with van der Waals surface area (Å²) in [5.41, 5.74) is 0. The van der Waals surface area contributed by atoms with Crippen LogP contribution in [0.3, 0.4) is 0 Å². The quantitative estimate of drug-likeness (QED) is 0.166. The third-order valence-corrected chi connectivity index (χ3v) is 2.52. The predicted octanol–water partition coefficient (Wildman–Crippen LogP) is 3.04. The maximum atomic E-state index is 11.1.